The summed E-state index contributed by atoms with van der Waals surface area (Å²) in [5.41, 5.74) is 2.85. The maximum Gasteiger partial charge on any atom is 0.0479 e. The van der Waals surface area contributed by atoms with Gasteiger partial charge in [0.1, 0.15) is 0 Å². The Morgan fingerprint density at radius 3 is 3.00 bits per heavy atom. The predicted octanol–water partition coefficient (Wildman–Crippen LogP) is 1.26. The molecule has 0 spiro atoms. The van der Waals surface area contributed by atoms with E-state index in [1.807, 2.05) is 0 Å². The standard InChI is InChI=1S/C15H23N3/c1-12-4-3-5-13(8-12)15-11-17(2)10-14-9-16-6-7-18(14)15/h3-5,8,14-16H,6-7,9-11H2,1-2H3. The minimum absolute atomic E-state index is 0.566. The van der Waals surface area contributed by atoms with E-state index in [1.54, 1.807) is 0 Å². The number of rotatable bonds is 1. The van der Waals surface area contributed by atoms with Crippen LogP contribution in [0.25, 0.3) is 0 Å². The average molecular weight is 245 g/mol. The lowest BCUT2D eigenvalue weighted by Gasteiger charge is -2.48. The lowest BCUT2D eigenvalue weighted by molar-refractivity contribution is 0.0194. The molecule has 2 aliphatic heterocycles. The van der Waals surface area contributed by atoms with Gasteiger partial charge in [-0.15, -0.1) is 0 Å². The first-order valence-electron chi connectivity index (χ1n) is 6.95. The summed E-state index contributed by atoms with van der Waals surface area (Å²) in [4.78, 5) is 5.17. The molecule has 2 fully saturated rings. The van der Waals surface area contributed by atoms with Crippen molar-refractivity contribution in [2.45, 2.75) is 19.0 Å². The van der Waals surface area contributed by atoms with Crippen LogP contribution in [0.3, 0.4) is 0 Å². The highest BCUT2D eigenvalue weighted by molar-refractivity contribution is 5.26. The number of aryl methyl sites for hydroxylation is 1. The molecule has 2 aliphatic rings. The van der Waals surface area contributed by atoms with Gasteiger partial charge >= 0.3 is 0 Å². The van der Waals surface area contributed by atoms with Crippen molar-refractivity contribution >= 4 is 0 Å². The number of hydrogen-bond acceptors (Lipinski definition) is 3. The molecular weight excluding hydrogens is 222 g/mol. The third-order valence-corrected chi connectivity index (χ3v) is 4.23. The molecule has 0 aliphatic carbocycles. The molecule has 3 heteroatoms. The lowest BCUT2D eigenvalue weighted by atomic mass is 9.96. The van der Waals surface area contributed by atoms with E-state index in [-0.39, 0.29) is 0 Å². The van der Waals surface area contributed by atoms with E-state index in [4.69, 9.17) is 0 Å². The fraction of sp³-hybridized carbons (Fsp3) is 0.600. The van der Waals surface area contributed by atoms with Crippen LogP contribution in [0.15, 0.2) is 24.3 Å². The number of benzene rings is 1. The first-order chi connectivity index (χ1) is 8.74. The molecule has 18 heavy (non-hydrogen) atoms. The van der Waals surface area contributed by atoms with Crippen molar-refractivity contribution in [3.8, 4) is 0 Å². The van der Waals surface area contributed by atoms with Gasteiger partial charge in [0.2, 0.25) is 0 Å². The van der Waals surface area contributed by atoms with Crippen LogP contribution in [0.1, 0.15) is 17.2 Å². The second kappa shape index (κ2) is 5.00. The van der Waals surface area contributed by atoms with Crippen LogP contribution in [0.2, 0.25) is 0 Å². The monoisotopic (exact) mass is 245 g/mol. The molecule has 2 unspecified atom stereocenters. The lowest BCUT2D eigenvalue weighted by Crippen LogP contribution is -2.61. The first kappa shape index (κ1) is 12.2. The molecule has 0 aromatic heterocycles. The maximum atomic E-state index is 3.52. The predicted molar refractivity (Wildman–Crippen MR) is 74.8 cm³/mol. The van der Waals surface area contributed by atoms with Gasteiger partial charge in [-0.1, -0.05) is 29.8 Å². The van der Waals surface area contributed by atoms with Crippen LogP contribution in [-0.4, -0.2) is 55.6 Å². The number of nitrogens with zero attached hydrogens (tertiary/aromatic N) is 2. The van der Waals surface area contributed by atoms with Gasteiger partial charge in [-0.3, -0.25) is 4.90 Å². The van der Waals surface area contributed by atoms with Gasteiger partial charge in [0.25, 0.3) is 0 Å². The average Bonchev–Trinajstić information content (AvgIpc) is 2.37. The third kappa shape index (κ3) is 2.30. The van der Waals surface area contributed by atoms with Gasteiger partial charge in [-0.05, 0) is 19.5 Å². The van der Waals surface area contributed by atoms with Crippen molar-refractivity contribution in [2.75, 3.05) is 39.8 Å². The van der Waals surface area contributed by atoms with E-state index >= 15 is 0 Å². The molecule has 2 heterocycles. The molecule has 1 aromatic carbocycles. The van der Waals surface area contributed by atoms with E-state index in [0.29, 0.717) is 12.1 Å². The zero-order valence-electron chi connectivity index (χ0n) is 11.4. The van der Waals surface area contributed by atoms with Crippen molar-refractivity contribution in [2.24, 2.45) is 0 Å². The van der Waals surface area contributed by atoms with Crippen LogP contribution in [-0.2, 0) is 0 Å². The van der Waals surface area contributed by atoms with Crippen molar-refractivity contribution in [3.05, 3.63) is 35.4 Å². The SMILES string of the molecule is Cc1cccc(C2CN(C)CC3CNCCN32)c1. The summed E-state index contributed by atoms with van der Waals surface area (Å²) in [7, 11) is 2.24. The Morgan fingerprint density at radius 2 is 2.17 bits per heavy atom. The molecule has 0 saturated carbocycles. The minimum atomic E-state index is 0.566. The van der Waals surface area contributed by atoms with Crippen molar-refractivity contribution in [1.82, 2.24) is 15.1 Å². The second-order valence-corrected chi connectivity index (χ2v) is 5.75. The fourth-order valence-corrected chi connectivity index (χ4v) is 3.37. The van der Waals surface area contributed by atoms with Crippen LogP contribution < -0.4 is 5.32 Å². The Balaban J connectivity index is 1.88. The Bertz CT molecular complexity index is 418. The molecule has 2 saturated heterocycles. The Kier molecular flexibility index (Phi) is 3.37. The zero-order chi connectivity index (χ0) is 12.5. The number of piperazine rings is 2. The normalized spacial score (nSPS) is 30.1. The van der Waals surface area contributed by atoms with Crippen molar-refractivity contribution in [1.29, 1.82) is 0 Å². The number of hydrogen-bond donors (Lipinski definition) is 1. The number of nitrogens with one attached hydrogen (secondary N) is 1. The fourth-order valence-electron chi connectivity index (χ4n) is 3.37. The van der Waals surface area contributed by atoms with Crippen molar-refractivity contribution < 1.29 is 0 Å². The summed E-state index contributed by atoms with van der Waals surface area (Å²) in [6, 6.07) is 10.2. The van der Waals surface area contributed by atoms with Crippen molar-refractivity contribution in [3.63, 3.8) is 0 Å². The van der Waals surface area contributed by atoms with Gasteiger partial charge in [0.15, 0.2) is 0 Å². The van der Waals surface area contributed by atoms with Crippen LogP contribution in [0.5, 0.6) is 0 Å². The van der Waals surface area contributed by atoms with Crippen LogP contribution in [0.4, 0.5) is 0 Å². The molecule has 1 N–H and O–H groups in total. The van der Waals surface area contributed by atoms with Gasteiger partial charge in [-0.2, -0.15) is 0 Å². The largest absolute Gasteiger partial charge is 0.314 e. The Hall–Kier alpha value is -0.900. The van der Waals surface area contributed by atoms with Gasteiger partial charge in [0.05, 0.1) is 0 Å². The summed E-state index contributed by atoms with van der Waals surface area (Å²) >= 11 is 0. The van der Waals surface area contributed by atoms with E-state index in [2.05, 4.69) is 53.4 Å². The minimum Gasteiger partial charge on any atom is -0.314 e. The molecule has 0 amide bonds. The van der Waals surface area contributed by atoms with Gasteiger partial charge in [-0.25, -0.2) is 0 Å². The first-order valence-corrected chi connectivity index (χ1v) is 6.95. The molecule has 3 rings (SSSR count). The van der Waals surface area contributed by atoms with Gasteiger partial charge in [0, 0.05) is 44.8 Å². The maximum absolute atomic E-state index is 3.52. The van der Waals surface area contributed by atoms with Crippen LogP contribution >= 0.6 is 0 Å². The summed E-state index contributed by atoms with van der Waals surface area (Å²) in [6.07, 6.45) is 0. The molecule has 0 bridgehead atoms. The van der Waals surface area contributed by atoms with E-state index in [1.165, 1.54) is 24.2 Å². The topological polar surface area (TPSA) is 18.5 Å². The smallest absolute Gasteiger partial charge is 0.0479 e. The number of fused-ring (bicyclic) bond motifs is 1. The molecule has 1 aromatic rings. The van der Waals surface area contributed by atoms with E-state index < -0.39 is 0 Å². The highest BCUT2D eigenvalue weighted by Gasteiger charge is 2.35. The molecule has 98 valence electrons. The van der Waals surface area contributed by atoms with E-state index in [9.17, 15) is 0 Å². The van der Waals surface area contributed by atoms with E-state index in [0.717, 1.165) is 19.6 Å². The Morgan fingerprint density at radius 1 is 1.28 bits per heavy atom. The summed E-state index contributed by atoms with van der Waals surface area (Å²) < 4.78 is 0. The summed E-state index contributed by atoms with van der Waals surface area (Å²) in [6.45, 7) is 7.97. The Labute approximate surface area is 110 Å². The molecular formula is C15H23N3. The summed E-state index contributed by atoms with van der Waals surface area (Å²) in [5, 5.41) is 3.52. The number of likely N-dealkylation sites (N-methyl/N-ethyl adjacent to an activating group) is 1. The highest BCUT2D eigenvalue weighted by atomic mass is 15.3. The molecule has 3 nitrogen and oxygen atoms in total. The second-order valence-electron chi connectivity index (χ2n) is 5.75. The highest BCUT2D eigenvalue weighted by Crippen LogP contribution is 2.29. The zero-order valence-corrected chi connectivity index (χ0v) is 11.4. The summed E-state index contributed by atoms with van der Waals surface area (Å²) in [5.74, 6) is 0. The van der Waals surface area contributed by atoms with Crippen LogP contribution in [0, 0.1) is 6.92 Å². The molecule has 0 radical (unpaired) electrons. The molecule has 2 atom stereocenters. The van der Waals surface area contributed by atoms with Gasteiger partial charge < -0.3 is 10.2 Å². The third-order valence-electron chi connectivity index (χ3n) is 4.23. The quantitative estimate of drug-likeness (QED) is 0.803.